The van der Waals surface area contributed by atoms with E-state index < -0.39 is 0 Å². The van der Waals surface area contributed by atoms with Crippen LogP contribution in [0.4, 0.5) is 0 Å². The molecule has 1 heterocycles. The van der Waals surface area contributed by atoms with Gasteiger partial charge in [-0.3, -0.25) is 0 Å². The summed E-state index contributed by atoms with van der Waals surface area (Å²) in [7, 11) is 3.54. The van der Waals surface area contributed by atoms with Crippen LogP contribution in [0.5, 0.6) is 0 Å². The van der Waals surface area contributed by atoms with Crippen molar-refractivity contribution in [3.8, 4) is 0 Å². The Morgan fingerprint density at radius 1 is 1.30 bits per heavy atom. The van der Waals surface area contributed by atoms with E-state index in [1.165, 1.54) is 12.7 Å². The van der Waals surface area contributed by atoms with Gasteiger partial charge in [-0.1, -0.05) is 12.1 Å². The molecule has 4 heteroatoms. The molecule has 0 saturated carbocycles. The maximum atomic E-state index is 11.4. The monoisotopic (exact) mass is 277 g/mol. The predicted octanol–water partition coefficient (Wildman–Crippen LogP) is 2.33. The van der Waals surface area contributed by atoms with Crippen molar-refractivity contribution in [2.45, 2.75) is 19.4 Å². The van der Waals surface area contributed by atoms with Crippen molar-refractivity contribution < 1.29 is 14.3 Å². The fourth-order valence-corrected chi connectivity index (χ4v) is 2.61. The van der Waals surface area contributed by atoms with Crippen LogP contribution in [0.15, 0.2) is 24.3 Å². The summed E-state index contributed by atoms with van der Waals surface area (Å²) in [6.07, 6.45) is 2.32. The zero-order valence-corrected chi connectivity index (χ0v) is 12.3. The van der Waals surface area contributed by atoms with Gasteiger partial charge in [0.2, 0.25) is 0 Å². The second-order valence-electron chi connectivity index (χ2n) is 5.44. The van der Waals surface area contributed by atoms with Crippen LogP contribution < -0.4 is 0 Å². The Morgan fingerprint density at radius 3 is 2.55 bits per heavy atom. The van der Waals surface area contributed by atoms with E-state index in [-0.39, 0.29) is 5.97 Å². The lowest BCUT2D eigenvalue weighted by molar-refractivity contribution is 0.0549. The minimum Gasteiger partial charge on any atom is -0.465 e. The number of nitrogens with zero attached hydrogens (tertiary/aromatic N) is 1. The number of hydrogen-bond acceptors (Lipinski definition) is 4. The van der Waals surface area contributed by atoms with Crippen LogP contribution in [-0.4, -0.2) is 44.8 Å². The first-order valence-corrected chi connectivity index (χ1v) is 7.12. The first-order valence-electron chi connectivity index (χ1n) is 7.12. The van der Waals surface area contributed by atoms with Crippen molar-refractivity contribution in [2.75, 3.05) is 33.9 Å². The maximum absolute atomic E-state index is 11.4. The Morgan fingerprint density at radius 2 is 1.95 bits per heavy atom. The normalized spacial score (nSPS) is 16.4. The molecule has 2 rings (SSSR count). The van der Waals surface area contributed by atoms with Gasteiger partial charge in [0.25, 0.3) is 0 Å². The number of hydrogen-bond donors (Lipinski definition) is 0. The molecule has 0 atom stereocenters. The molecule has 1 aromatic rings. The summed E-state index contributed by atoms with van der Waals surface area (Å²) in [4.78, 5) is 13.7. The van der Waals surface area contributed by atoms with Gasteiger partial charge in [0.1, 0.15) is 0 Å². The zero-order valence-electron chi connectivity index (χ0n) is 12.3. The highest BCUT2D eigenvalue weighted by atomic mass is 16.5. The van der Waals surface area contributed by atoms with E-state index in [2.05, 4.69) is 11.9 Å². The maximum Gasteiger partial charge on any atom is 0.337 e. The van der Waals surface area contributed by atoms with Crippen molar-refractivity contribution in [1.29, 1.82) is 0 Å². The van der Waals surface area contributed by atoms with Crippen LogP contribution in [0.1, 0.15) is 28.8 Å². The lowest BCUT2D eigenvalue weighted by Gasteiger charge is -2.27. The van der Waals surface area contributed by atoms with E-state index in [4.69, 9.17) is 9.47 Å². The smallest absolute Gasteiger partial charge is 0.337 e. The van der Waals surface area contributed by atoms with Gasteiger partial charge in [0, 0.05) is 26.3 Å². The molecule has 0 N–H and O–H groups in total. The molecule has 0 aliphatic carbocycles. The average molecular weight is 277 g/mol. The fraction of sp³-hybridized carbons (Fsp3) is 0.562. The quantitative estimate of drug-likeness (QED) is 0.774. The van der Waals surface area contributed by atoms with Gasteiger partial charge in [-0.2, -0.15) is 0 Å². The van der Waals surface area contributed by atoms with Crippen LogP contribution in [0.3, 0.4) is 0 Å². The lowest BCUT2D eigenvalue weighted by atomic mass is 9.99. The van der Waals surface area contributed by atoms with Gasteiger partial charge < -0.3 is 14.4 Å². The molecule has 0 bridgehead atoms. The third kappa shape index (κ3) is 4.32. The standard InChI is InChI=1S/C16H23NO3/c1-17(12-14-7-9-20-10-8-14)11-13-3-5-15(6-4-13)16(18)19-2/h3-6,14H,7-12H2,1-2H3. The molecule has 1 aliphatic heterocycles. The Kier molecular flexibility index (Phi) is 5.56. The molecule has 1 fully saturated rings. The molecule has 1 saturated heterocycles. The molecule has 20 heavy (non-hydrogen) atoms. The highest BCUT2D eigenvalue weighted by Crippen LogP contribution is 2.16. The first kappa shape index (κ1) is 15.0. The molecule has 1 aromatic carbocycles. The van der Waals surface area contributed by atoms with Crippen LogP contribution in [0, 0.1) is 5.92 Å². The summed E-state index contributed by atoms with van der Waals surface area (Å²) in [5, 5.41) is 0. The van der Waals surface area contributed by atoms with Crippen molar-refractivity contribution >= 4 is 5.97 Å². The summed E-state index contributed by atoms with van der Waals surface area (Å²) in [5.74, 6) is 0.454. The first-order chi connectivity index (χ1) is 9.69. The second kappa shape index (κ2) is 7.41. The molecule has 1 aliphatic rings. The summed E-state index contributed by atoms with van der Waals surface area (Å²) in [5.41, 5.74) is 1.82. The number of carbonyl (C=O) groups excluding carboxylic acids is 1. The Hall–Kier alpha value is -1.39. The van der Waals surface area contributed by atoms with Crippen LogP contribution >= 0.6 is 0 Å². The SMILES string of the molecule is COC(=O)c1ccc(CN(C)CC2CCOCC2)cc1. The van der Waals surface area contributed by atoms with E-state index in [0.717, 1.165) is 45.1 Å². The minimum absolute atomic E-state index is 0.285. The van der Waals surface area contributed by atoms with Gasteiger partial charge in [0.05, 0.1) is 12.7 Å². The minimum atomic E-state index is -0.285. The molecule has 0 aromatic heterocycles. The fourth-order valence-electron chi connectivity index (χ4n) is 2.61. The number of methoxy groups -OCH3 is 1. The highest BCUT2D eigenvalue weighted by Gasteiger charge is 2.15. The molecular weight excluding hydrogens is 254 g/mol. The topological polar surface area (TPSA) is 38.8 Å². The van der Waals surface area contributed by atoms with E-state index in [1.54, 1.807) is 0 Å². The van der Waals surface area contributed by atoms with Gasteiger partial charge in [-0.05, 0) is 43.5 Å². The predicted molar refractivity (Wildman–Crippen MR) is 77.7 cm³/mol. The highest BCUT2D eigenvalue weighted by molar-refractivity contribution is 5.89. The number of rotatable bonds is 5. The second-order valence-corrected chi connectivity index (χ2v) is 5.44. The lowest BCUT2D eigenvalue weighted by Crippen LogP contribution is -2.29. The number of esters is 1. The summed E-state index contributed by atoms with van der Waals surface area (Å²) in [6, 6.07) is 7.63. The van der Waals surface area contributed by atoms with Gasteiger partial charge in [-0.15, -0.1) is 0 Å². The van der Waals surface area contributed by atoms with Crippen LogP contribution in [0.2, 0.25) is 0 Å². The summed E-state index contributed by atoms with van der Waals surface area (Å²) < 4.78 is 10.1. The van der Waals surface area contributed by atoms with Gasteiger partial charge in [-0.25, -0.2) is 4.79 Å². The van der Waals surface area contributed by atoms with E-state index >= 15 is 0 Å². The molecule has 110 valence electrons. The summed E-state index contributed by atoms with van der Waals surface area (Å²) >= 11 is 0. The average Bonchev–Trinajstić information content (AvgIpc) is 2.48. The third-order valence-electron chi connectivity index (χ3n) is 3.74. The van der Waals surface area contributed by atoms with Crippen molar-refractivity contribution in [3.05, 3.63) is 35.4 Å². The largest absolute Gasteiger partial charge is 0.465 e. The number of ether oxygens (including phenoxy) is 2. The number of carbonyl (C=O) groups is 1. The van der Waals surface area contributed by atoms with Gasteiger partial charge >= 0.3 is 5.97 Å². The summed E-state index contributed by atoms with van der Waals surface area (Å²) in [6.45, 7) is 3.79. The van der Waals surface area contributed by atoms with Crippen molar-refractivity contribution in [2.24, 2.45) is 5.92 Å². The van der Waals surface area contributed by atoms with E-state index in [1.807, 2.05) is 24.3 Å². The molecule has 4 nitrogen and oxygen atoms in total. The molecule has 0 spiro atoms. The third-order valence-corrected chi connectivity index (χ3v) is 3.74. The van der Waals surface area contributed by atoms with Gasteiger partial charge in [0.15, 0.2) is 0 Å². The van der Waals surface area contributed by atoms with Crippen LogP contribution in [-0.2, 0) is 16.0 Å². The van der Waals surface area contributed by atoms with E-state index in [9.17, 15) is 4.79 Å². The Balaban J connectivity index is 1.84. The zero-order chi connectivity index (χ0) is 14.4. The molecular formula is C16H23NO3. The van der Waals surface area contributed by atoms with E-state index in [0.29, 0.717) is 5.56 Å². The number of benzene rings is 1. The molecule has 0 unspecified atom stereocenters. The van der Waals surface area contributed by atoms with Crippen molar-refractivity contribution in [3.63, 3.8) is 0 Å². The molecule has 0 amide bonds. The molecule has 0 radical (unpaired) electrons. The van der Waals surface area contributed by atoms with Crippen molar-refractivity contribution in [1.82, 2.24) is 4.90 Å². The van der Waals surface area contributed by atoms with Crippen LogP contribution in [0.25, 0.3) is 0 Å². The Labute approximate surface area is 120 Å². The Bertz CT molecular complexity index is 424.